The van der Waals surface area contributed by atoms with Crippen LogP contribution in [0.4, 0.5) is 11.5 Å². The van der Waals surface area contributed by atoms with E-state index in [4.69, 9.17) is 20.3 Å². The molecule has 44 heavy (non-hydrogen) atoms. The molecule has 2 aliphatic rings. The second-order valence-corrected chi connectivity index (χ2v) is 12.3. The van der Waals surface area contributed by atoms with E-state index in [2.05, 4.69) is 32.3 Å². The van der Waals surface area contributed by atoms with Crippen molar-refractivity contribution in [2.75, 3.05) is 38.8 Å². The van der Waals surface area contributed by atoms with Crippen LogP contribution in [0, 0.1) is 5.92 Å². The number of nitrogens with two attached hydrogens (primary N) is 1. The van der Waals surface area contributed by atoms with E-state index >= 15 is 0 Å². The number of rotatable bonds is 9. The van der Waals surface area contributed by atoms with Gasteiger partial charge in [0.25, 0.3) is 0 Å². The molecule has 0 spiro atoms. The Hall–Kier alpha value is -4.51. The molecule has 1 amide bonds. The van der Waals surface area contributed by atoms with Gasteiger partial charge in [-0.3, -0.25) is 9.59 Å². The maximum atomic E-state index is 13.1. The van der Waals surface area contributed by atoms with Gasteiger partial charge in [0.15, 0.2) is 5.65 Å². The van der Waals surface area contributed by atoms with E-state index in [9.17, 15) is 9.59 Å². The highest BCUT2D eigenvalue weighted by Gasteiger charge is 2.44. The van der Waals surface area contributed by atoms with Crippen molar-refractivity contribution in [2.45, 2.75) is 56.6 Å². The van der Waals surface area contributed by atoms with Crippen LogP contribution < -0.4 is 15.8 Å². The third-order valence-corrected chi connectivity index (χ3v) is 8.78. The average Bonchev–Trinajstić information content (AvgIpc) is 3.71. The summed E-state index contributed by atoms with van der Waals surface area (Å²) in [5, 5.41) is 8.76. The maximum absolute atomic E-state index is 13.1. The molecule has 11 nitrogen and oxygen atoms in total. The number of esters is 1. The zero-order valence-corrected chi connectivity index (χ0v) is 25.6. The van der Waals surface area contributed by atoms with Crippen molar-refractivity contribution in [1.82, 2.24) is 24.6 Å². The van der Waals surface area contributed by atoms with Gasteiger partial charge in [0.05, 0.1) is 24.2 Å². The van der Waals surface area contributed by atoms with Crippen molar-refractivity contribution >= 4 is 34.4 Å². The summed E-state index contributed by atoms with van der Waals surface area (Å²) in [6.45, 7) is 2.13. The lowest BCUT2D eigenvalue weighted by molar-refractivity contribution is -0.163. The Morgan fingerprint density at radius 2 is 1.86 bits per heavy atom. The summed E-state index contributed by atoms with van der Waals surface area (Å²) >= 11 is 0. The van der Waals surface area contributed by atoms with Crippen molar-refractivity contribution in [3.05, 3.63) is 60.4 Å². The number of anilines is 2. The minimum absolute atomic E-state index is 0.0198. The van der Waals surface area contributed by atoms with Gasteiger partial charge in [-0.05, 0) is 69.8 Å². The number of likely N-dealkylation sites (N-methyl/N-ethyl adjacent to an activating group) is 1. The minimum Gasteiger partial charge on any atom is -0.495 e. The fourth-order valence-electron chi connectivity index (χ4n) is 6.72. The van der Waals surface area contributed by atoms with Crippen LogP contribution in [0.25, 0.3) is 22.3 Å². The number of carbonyl (C=O) groups is 2. The van der Waals surface area contributed by atoms with Gasteiger partial charge < -0.3 is 25.4 Å². The monoisotopic (exact) mass is 597 g/mol. The number of nitrogen functional groups attached to an aromatic ring is 1. The molecule has 11 heteroatoms. The van der Waals surface area contributed by atoms with E-state index in [-0.39, 0.29) is 29.8 Å². The summed E-state index contributed by atoms with van der Waals surface area (Å²) in [7, 11) is 5.56. The van der Waals surface area contributed by atoms with Crippen LogP contribution in [-0.4, -0.2) is 69.9 Å². The number of amides is 1. The number of hydrogen-bond donors (Lipinski definition) is 2. The smallest absolute Gasteiger partial charge is 0.303 e. The van der Waals surface area contributed by atoms with E-state index < -0.39 is 5.60 Å². The fourth-order valence-corrected chi connectivity index (χ4v) is 6.72. The molecule has 2 heterocycles. The molecular weight excluding hydrogens is 558 g/mol. The molecule has 0 saturated heterocycles. The summed E-state index contributed by atoms with van der Waals surface area (Å²) in [6.07, 6.45) is 5.23. The molecule has 0 bridgehead atoms. The standard InChI is InChI=1S/C33H39N7O4/c1-20(41)44-33(18-39(2)3)14-12-23(13-15-33)40-31-28(30(34)35-19-36-31)29(38-40)22-10-11-26(27(16-22)43-4)37-32(42)25-17-24(25)21-8-6-5-7-9-21/h5-11,16,19,23-25H,12-15,17-18H2,1-4H3,(H,37,42)(H2,34,35,36)/t23?,24-,25+,33?/m0/s1. The van der Waals surface area contributed by atoms with Crippen molar-refractivity contribution in [1.29, 1.82) is 0 Å². The first kappa shape index (κ1) is 29.6. The van der Waals surface area contributed by atoms with Crippen LogP contribution in [-0.2, 0) is 14.3 Å². The van der Waals surface area contributed by atoms with Crippen molar-refractivity contribution < 1.29 is 19.1 Å². The molecule has 0 aliphatic heterocycles. The summed E-state index contributed by atoms with van der Waals surface area (Å²) in [4.78, 5) is 35.9. The quantitative estimate of drug-likeness (QED) is 0.261. The van der Waals surface area contributed by atoms with Gasteiger partial charge in [-0.1, -0.05) is 36.4 Å². The molecule has 3 N–H and O–H groups in total. The zero-order chi connectivity index (χ0) is 31.0. The summed E-state index contributed by atoms with van der Waals surface area (Å²) in [5.74, 6) is 0.755. The van der Waals surface area contributed by atoms with Gasteiger partial charge in [-0.2, -0.15) is 5.10 Å². The predicted molar refractivity (Wildman–Crippen MR) is 168 cm³/mol. The van der Waals surface area contributed by atoms with Gasteiger partial charge in [0, 0.05) is 24.9 Å². The number of hydrogen-bond acceptors (Lipinski definition) is 9. The SMILES string of the molecule is COc1cc(-c2nn(C3CCC(CN(C)C)(OC(C)=O)CC3)c3ncnc(N)c23)ccc1NC(=O)[C@@H]1C[C@H]1c1ccccc1. The second-order valence-electron chi connectivity index (χ2n) is 12.3. The molecule has 6 rings (SSSR count). The number of benzene rings is 2. The fraction of sp³-hybridized carbons (Fsp3) is 0.424. The first-order valence-electron chi connectivity index (χ1n) is 15.1. The Balaban J connectivity index is 1.25. The lowest BCUT2D eigenvalue weighted by atomic mass is 9.81. The van der Waals surface area contributed by atoms with Crippen LogP contribution in [0.15, 0.2) is 54.9 Å². The molecule has 0 unspecified atom stereocenters. The van der Waals surface area contributed by atoms with Crippen LogP contribution >= 0.6 is 0 Å². The minimum atomic E-state index is -0.527. The highest BCUT2D eigenvalue weighted by Crippen LogP contribution is 2.48. The topological polar surface area (TPSA) is 137 Å². The predicted octanol–water partition coefficient (Wildman–Crippen LogP) is 4.80. The first-order valence-corrected chi connectivity index (χ1v) is 15.1. The van der Waals surface area contributed by atoms with Crippen LogP contribution in [0.1, 0.15) is 56.6 Å². The van der Waals surface area contributed by atoms with E-state index in [1.54, 1.807) is 7.11 Å². The number of carbonyl (C=O) groups excluding carboxylic acids is 2. The van der Waals surface area contributed by atoms with E-state index in [0.29, 0.717) is 53.4 Å². The summed E-state index contributed by atoms with van der Waals surface area (Å²) in [6, 6.07) is 15.8. The Morgan fingerprint density at radius 3 is 2.55 bits per heavy atom. The van der Waals surface area contributed by atoms with E-state index in [1.807, 2.05) is 55.2 Å². The molecule has 0 radical (unpaired) electrons. The van der Waals surface area contributed by atoms with Crippen molar-refractivity contribution in [3.63, 3.8) is 0 Å². The van der Waals surface area contributed by atoms with Gasteiger partial charge in [-0.15, -0.1) is 0 Å². The van der Waals surface area contributed by atoms with Crippen LogP contribution in [0.5, 0.6) is 5.75 Å². The Morgan fingerprint density at radius 1 is 1.11 bits per heavy atom. The molecule has 2 atom stereocenters. The normalized spacial score (nSPS) is 23.0. The van der Waals surface area contributed by atoms with Gasteiger partial charge in [0.1, 0.15) is 29.2 Å². The third-order valence-electron chi connectivity index (χ3n) is 8.78. The number of nitrogens with zero attached hydrogens (tertiary/aromatic N) is 5. The highest BCUT2D eigenvalue weighted by molar-refractivity contribution is 6.00. The lowest BCUT2D eigenvalue weighted by Gasteiger charge is -2.41. The van der Waals surface area contributed by atoms with Crippen molar-refractivity contribution in [3.8, 4) is 17.0 Å². The Labute approximate surface area is 256 Å². The number of nitrogens with one attached hydrogen (secondary N) is 1. The molecule has 2 aromatic heterocycles. The average molecular weight is 598 g/mol. The largest absolute Gasteiger partial charge is 0.495 e. The molecule has 4 aromatic rings. The molecule has 2 fully saturated rings. The summed E-state index contributed by atoms with van der Waals surface area (Å²) in [5.41, 5.74) is 9.73. The van der Waals surface area contributed by atoms with E-state index in [1.165, 1.54) is 18.8 Å². The Kier molecular flexibility index (Phi) is 7.98. The molecule has 2 aromatic carbocycles. The van der Waals surface area contributed by atoms with Gasteiger partial charge in [-0.25, -0.2) is 14.6 Å². The van der Waals surface area contributed by atoms with Gasteiger partial charge in [0.2, 0.25) is 5.91 Å². The molecule has 2 aliphatic carbocycles. The van der Waals surface area contributed by atoms with Crippen molar-refractivity contribution in [2.24, 2.45) is 5.92 Å². The van der Waals surface area contributed by atoms with Gasteiger partial charge >= 0.3 is 5.97 Å². The zero-order valence-electron chi connectivity index (χ0n) is 25.6. The van der Waals surface area contributed by atoms with Crippen LogP contribution in [0.2, 0.25) is 0 Å². The first-order chi connectivity index (χ1) is 21.2. The molecule has 230 valence electrons. The van der Waals surface area contributed by atoms with Crippen LogP contribution in [0.3, 0.4) is 0 Å². The Bertz CT molecular complexity index is 1680. The highest BCUT2D eigenvalue weighted by atomic mass is 16.6. The maximum Gasteiger partial charge on any atom is 0.303 e. The number of fused-ring (bicyclic) bond motifs is 1. The number of aromatic nitrogens is 4. The lowest BCUT2D eigenvalue weighted by Crippen LogP contribution is -2.46. The number of ether oxygens (including phenoxy) is 2. The molecule has 2 saturated carbocycles. The second kappa shape index (κ2) is 11.9. The summed E-state index contributed by atoms with van der Waals surface area (Å²) < 4.78 is 13.5. The van der Waals surface area contributed by atoms with E-state index in [0.717, 1.165) is 24.8 Å². The number of methoxy groups -OCH3 is 1. The molecular formula is C33H39N7O4. The third kappa shape index (κ3) is 5.84.